The summed E-state index contributed by atoms with van der Waals surface area (Å²) in [5.41, 5.74) is 7.45. The number of carbonyl (C=O) groups excluding carboxylic acids is 1. The molecule has 6 nitrogen and oxygen atoms in total. The fourth-order valence-electron chi connectivity index (χ4n) is 1.50. The standard InChI is InChI=1S/C11H13N5O/c1-7-5-8(12)6-13-10(7)15-11(17)9-3-4-14-16(9)2/h3-6H,12H2,1-2H3,(H,13,15,17). The molecule has 0 aliphatic rings. The summed E-state index contributed by atoms with van der Waals surface area (Å²) >= 11 is 0. The van der Waals surface area contributed by atoms with Crippen molar-refractivity contribution in [1.82, 2.24) is 14.8 Å². The molecule has 0 bridgehead atoms. The third kappa shape index (κ3) is 2.25. The zero-order valence-corrected chi connectivity index (χ0v) is 9.64. The summed E-state index contributed by atoms with van der Waals surface area (Å²) in [5, 5.41) is 6.65. The van der Waals surface area contributed by atoms with Crippen LogP contribution in [0.15, 0.2) is 24.5 Å². The molecule has 0 saturated carbocycles. The zero-order chi connectivity index (χ0) is 12.4. The van der Waals surface area contributed by atoms with Gasteiger partial charge in [0.2, 0.25) is 0 Å². The zero-order valence-electron chi connectivity index (χ0n) is 9.64. The summed E-state index contributed by atoms with van der Waals surface area (Å²) in [6.45, 7) is 1.84. The van der Waals surface area contributed by atoms with Gasteiger partial charge in [0.15, 0.2) is 0 Å². The normalized spacial score (nSPS) is 10.2. The van der Waals surface area contributed by atoms with Gasteiger partial charge in [-0.3, -0.25) is 9.48 Å². The van der Waals surface area contributed by atoms with Crippen LogP contribution in [0.5, 0.6) is 0 Å². The van der Waals surface area contributed by atoms with Gasteiger partial charge in [0.05, 0.1) is 11.9 Å². The molecule has 0 saturated heterocycles. The number of nitrogens with two attached hydrogens (primary N) is 1. The molecular formula is C11H13N5O. The number of anilines is 2. The highest BCUT2D eigenvalue weighted by Gasteiger charge is 2.11. The lowest BCUT2D eigenvalue weighted by atomic mass is 10.2. The largest absolute Gasteiger partial charge is 0.397 e. The maximum absolute atomic E-state index is 11.9. The van der Waals surface area contributed by atoms with E-state index < -0.39 is 0 Å². The fourth-order valence-corrected chi connectivity index (χ4v) is 1.50. The Kier molecular flexibility index (Phi) is 2.78. The van der Waals surface area contributed by atoms with E-state index in [0.29, 0.717) is 17.2 Å². The second kappa shape index (κ2) is 4.25. The molecule has 2 aromatic rings. The summed E-state index contributed by atoms with van der Waals surface area (Å²) in [7, 11) is 1.71. The minimum Gasteiger partial charge on any atom is -0.397 e. The number of amides is 1. The first kappa shape index (κ1) is 11.1. The van der Waals surface area contributed by atoms with Crippen LogP contribution in [0, 0.1) is 6.92 Å². The molecule has 2 aromatic heterocycles. The quantitative estimate of drug-likeness (QED) is 0.806. The highest BCUT2D eigenvalue weighted by atomic mass is 16.2. The van der Waals surface area contributed by atoms with E-state index in [4.69, 9.17) is 5.73 Å². The Morgan fingerprint density at radius 2 is 2.29 bits per heavy atom. The summed E-state index contributed by atoms with van der Waals surface area (Å²) in [5.74, 6) is 0.260. The summed E-state index contributed by atoms with van der Waals surface area (Å²) < 4.78 is 1.50. The van der Waals surface area contributed by atoms with E-state index in [1.165, 1.54) is 10.9 Å². The van der Waals surface area contributed by atoms with Gasteiger partial charge in [0, 0.05) is 13.2 Å². The van der Waals surface area contributed by atoms with Crippen molar-refractivity contribution in [3.63, 3.8) is 0 Å². The molecule has 0 aromatic carbocycles. The average Bonchev–Trinajstić information content (AvgIpc) is 2.68. The monoisotopic (exact) mass is 231 g/mol. The lowest BCUT2D eigenvalue weighted by molar-refractivity contribution is 0.101. The molecule has 2 heterocycles. The summed E-state index contributed by atoms with van der Waals surface area (Å²) in [6.07, 6.45) is 3.07. The lowest BCUT2D eigenvalue weighted by Crippen LogP contribution is -2.17. The number of rotatable bonds is 2. The molecule has 0 spiro atoms. The first-order valence-electron chi connectivity index (χ1n) is 5.09. The number of carbonyl (C=O) groups is 1. The predicted octanol–water partition coefficient (Wildman–Crippen LogP) is 0.958. The Hall–Kier alpha value is -2.37. The van der Waals surface area contributed by atoms with E-state index in [0.717, 1.165) is 5.56 Å². The number of nitrogens with zero attached hydrogens (tertiary/aromatic N) is 3. The van der Waals surface area contributed by atoms with Crippen molar-refractivity contribution in [3.8, 4) is 0 Å². The second-order valence-corrected chi connectivity index (χ2v) is 3.73. The van der Waals surface area contributed by atoms with Gasteiger partial charge in [-0.05, 0) is 24.6 Å². The highest BCUT2D eigenvalue weighted by molar-refractivity contribution is 6.02. The van der Waals surface area contributed by atoms with Crippen molar-refractivity contribution in [3.05, 3.63) is 35.8 Å². The van der Waals surface area contributed by atoms with Gasteiger partial charge < -0.3 is 11.1 Å². The average molecular weight is 231 g/mol. The van der Waals surface area contributed by atoms with Gasteiger partial charge in [-0.15, -0.1) is 0 Å². The van der Waals surface area contributed by atoms with Gasteiger partial charge in [-0.25, -0.2) is 4.98 Å². The minimum atomic E-state index is -0.245. The molecule has 6 heteroatoms. The maximum Gasteiger partial charge on any atom is 0.275 e. The Morgan fingerprint density at radius 1 is 1.53 bits per heavy atom. The first-order valence-corrected chi connectivity index (χ1v) is 5.09. The van der Waals surface area contributed by atoms with E-state index in [1.54, 1.807) is 25.4 Å². The molecule has 0 aliphatic carbocycles. The van der Waals surface area contributed by atoms with E-state index in [2.05, 4.69) is 15.4 Å². The van der Waals surface area contributed by atoms with Crippen LogP contribution in [0.1, 0.15) is 16.1 Å². The van der Waals surface area contributed by atoms with Crippen molar-refractivity contribution < 1.29 is 4.79 Å². The van der Waals surface area contributed by atoms with Gasteiger partial charge in [0.25, 0.3) is 5.91 Å². The summed E-state index contributed by atoms with van der Waals surface area (Å²) in [6, 6.07) is 3.40. The Balaban J connectivity index is 2.22. The van der Waals surface area contributed by atoms with E-state index in [-0.39, 0.29) is 5.91 Å². The summed E-state index contributed by atoms with van der Waals surface area (Å²) in [4.78, 5) is 16.0. The second-order valence-electron chi connectivity index (χ2n) is 3.73. The van der Waals surface area contributed by atoms with Crippen molar-refractivity contribution in [1.29, 1.82) is 0 Å². The van der Waals surface area contributed by atoms with Crippen molar-refractivity contribution in [2.24, 2.45) is 7.05 Å². The lowest BCUT2D eigenvalue weighted by Gasteiger charge is -2.07. The highest BCUT2D eigenvalue weighted by Crippen LogP contribution is 2.14. The van der Waals surface area contributed by atoms with E-state index in [1.807, 2.05) is 6.92 Å². The topological polar surface area (TPSA) is 85.8 Å². The van der Waals surface area contributed by atoms with Crippen LogP contribution < -0.4 is 11.1 Å². The van der Waals surface area contributed by atoms with Gasteiger partial charge in [-0.2, -0.15) is 5.10 Å². The van der Waals surface area contributed by atoms with Crippen LogP contribution in [0.25, 0.3) is 0 Å². The first-order chi connectivity index (χ1) is 8.08. The van der Waals surface area contributed by atoms with Gasteiger partial charge in [-0.1, -0.05) is 0 Å². The molecule has 0 fully saturated rings. The number of aryl methyl sites for hydroxylation is 2. The number of pyridine rings is 1. The molecule has 17 heavy (non-hydrogen) atoms. The van der Waals surface area contributed by atoms with Crippen LogP contribution >= 0.6 is 0 Å². The molecule has 1 amide bonds. The van der Waals surface area contributed by atoms with Crippen LogP contribution in [0.3, 0.4) is 0 Å². The van der Waals surface area contributed by atoms with Gasteiger partial charge >= 0.3 is 0 Å². The SMILES string of the molecule is Cc1cc(N)cnc1NC(=O)c1ccnn1C. The van der Waals surface area contributed by atoms with Crippen molar-refractivity contribution >= 4 is 17.4 Å². The molecule has 0 atom stereocenters. The Bertz CT molecular complexity index is 561. The fraction of sp³-hybridized carbons (Fsp3) is 0.182. The Morgan fingerprint density at radius 3 is 2.88 bits per heavy atom. The third-order valence-corrected chi connectivity index (χ3v) is 2.38. The predicted molar refractivity (Wildman–Crippen MR) is 64.5 cm³/mol. The number of nitrogens with one attached hydrogen (secondary N) is 1. The molecule has 0 unspecified atom stereocenters. The van der Waals surface area contributed by atoms with Crippen LogP contribution in [0.2, 0.25) is 0 Å². The number of aromatic nitrogens is 3. The smallest absolute Gasteiger partial charge is 0.275 e. The number of hydrogen-bond acceptors (Lipinski definition) is 4. The van der Waals surface area contributed by atoms with Crippen LogP contribution in [-0.4, -0.2) is 20.7 Å². The maximum atomic E-state index is 11.9. The molecule has 2 rings (SSSR count). The van der Waals surface area contributed by atoms with Gasteiger partial charge in [0.1, 0.15) is 11.5 Å². The van der Waals surface area contributed by atoms with Crippen molar-refractivity contribution in [2.75, 3.05) is 11.1 Å². The number of nitrogen functional groups attached to an aromatic ring is 1. The molecular weight excluding hydrogens is 218 g/mol. The minimum absolute atomic E-state index is 0.245. The van der Waals surface area contributed by atoms with Crippen LogP contribution in [0.4, 0.5) is 11.5 Å². The van der Waals surface area contributed by atoms with E-state index in [9.17, 15) is 4.79 Å². The molecule has 3 N–H and O–H groups in total. The molecule has 0 radical (unpaired) electrons. The molecule has 88 valence electrons. The molecule has 0 aliphatic heterocycles. The Labute approximate surface area is 98.5 Å². The number of hydrogen-bond donors (Lipinski definition) is 2. The van der Waals surface area contributed by atoms with Crippen LogP contribution in [-0.2, 0) is 7.05 Å². The van der Waals surface area contributed by atoms with E-state index >= 15 is 0 Å². The van der Waals surface area contributed by atoms with Crippen molar-refractivity contribution in [2.45, 2.75) is 6.92 Å². The third-order valence-electron chi connectivity index (χ3n) is 2.38.